The van der Waals surface area contributed by atoms with Gasteiger partial charge in [0, 0.05) is 12.0 Å². The molecule has 0 amide bonds. The lowest BCUT2D eigenvalue weighted by Gasteiger charge is -2.27. The van der Waals surface area contributed by atoms with Crippen LogP contribution in [0.25, 0.3) is 0 Å². The largest absolute Gasteiger partial charge is 0.343 e. The minimum Gasteiger partial charge on any atom is -0.343 e. The molecule has 1 heterocycles. The van der Waals surface area contributed by atoms with E-state index < -0.39 is 5.79 Å². The normalized spacial score (nSPS) is 18.8. The quantitative estimate of drug-likeness (QED) is 0.871. The molecule has 1 aromatic rings. The van der Waals surface area contributed by atoms with Gasteiger partial charge in [0.25, 0.3) is 0 Å². The molecular weight excluding hydrogens is 214 g/mol. The average Bonchev–Trinajstić information content (AvgIpc) is 2.79. The Morgan fingerprint density at radius 3 is 2.24 bits per heavy atom. The van der Waals surface area contributed by atoms with E-state index in [0.29, 0.717) is 32.1 Å². The van der Waals surface area contributed by atoms with Gasteiger partial charge in [-0.25, -0.2) is 0 Å². The molecule has 94 valence electrons. The van der Waals surface area contributed by atoms with Crippen molar-refractivity contribution in [2.75, 3.05) is 19.8 Å². The van der Waals surface area contributed by atoms with Crippen molar-refractivity contribution in [1.82, 2.24) is 0 Å². The fraction of sp³-hybridized carbons (Fsp3) is 0.571. The third kappa shape index (κ3) is 2.51. The molecule has 1 fully saturated rings. The lowest BCUT2D eigenvalue weighted by molar-refractivity contribution is -0.168. The second-order valence-electron chi connectivity index (χ2n) is 4.77. The Morgan fingerprint density at radius 2 is 1.76 bits per heavy atom. The van der Waals surface area contributed by atoms with Gasteiger partial charge < -0.3 is 15.2 Å². The summed E-state index contributed by atoms with van der Waals surface area (Å²) < 4.78 is 11.5. The molecular formula is C14H21NO2. The summed E-state index contributed by atoms with van der Waals surface area (Å²) in [6.45, 7) is 6.23. The van der Waals surface area contributed by atoms with E-state index in [1.807, 2.05) is 0 Å². The minimum absolute atomic E-state index is 0.542. The van der Waals surface area contributed by atoms with Crippen LogP contribution < -0.4 is 5.73 Å². The van der Waals surface area contributed by atoms with Gasteiger partial charge in [0.1, 0.15) is 0 Å². The maximum Gasteiger partial charge on any atom is 0.196 e. The van der Waals surface area contributed by atoms with E-state index in [1.165, 1.54) is 5.56 Å². The van der Waals surface area contributed by atoms with Gasteiger partial charge in [0.05, 0.1) is 13.2 Å². The molecule has 1 saturated heterocycles. The van der Waals surface area contributed by atoms with Gasteiger partial charge in [-0.2, -0.15) is 0 Å². The first kappa shape index (κ1) is 12.6. The van der Waals surface area contributed by atoms with Gasteiger partial charge in [-0.1, -0.05) is 38.1 Å². The Hall–Kier alpha value is -0.900. The summed E-state index contributed by atoms with van der Waals surface area (Å²) in [5.74, 6) is -0.0653. The molecule has 0 bridgehead atoms. The van der Waals surface area contributed by atoms with Crippen molar-refractivity contribution in [3.8, 4) is 0 Å². The molecule has 1 aromatic carbocycles. The lowest BCUT2D eigenvalue weighted by atomic mass is 9.97. The van der Waals surface area contributed by atoms with E-state index in [-0.39, 0.29) is 0 Å². The standard InChI is InChI=1S/C14H21NO2/c1-11(2)12-3-5-13(6-4-12)14(7-8-15)16-9-10-17-14/h3-6,11H,7-10,15H2,1-2H3. The number of nitrogens with two attached hydrogens (primary N) is 1. The van der Waals surface area contributed by atoms with Crippen molar-refractivity contribution in [2.24, 2.45) is 5.73 Å². The molecule has 0 spiro atoms. The van der Waals surface area contributed by atoms with E-state index in [4.69, 9.17) is 15.2 Å². The first-order valence-corrected chi connectivity index (χ1v) is 6.26. The van der Waals surface area contributed by atoms with E-state index in [2.05, 4.69) is 38.1 Å². The van der Waals surface area contributed by atoms with Crippen LogP contribution >= 0.6 is 0 Å². The summed E-state index contributed by atoms with van der Waals surface area (Å²) in [5, 5.41) is 0. The highest BCUT2D eigenvalue weighted by Gasteiger charge is 2.37. The second kappa shape index (κ2) is 5.17. The summed E-state index contributed by atoms with van der Waals surface area (Å²) in [5.41, 5.74) is 8.05. The molecule has 0 aromatic heterocycles. The molecule has 0 radical (unpaired) electrons. The molecule has 0 unspecified atom stereocenters. The average molecular weight is 235 g/mol. The SMILES string of the molecule is CC(C)c1ccc(C2(CCN)OCCO2)cc1. The van der Waals surface area contributed by atoms with Crippen LogP contribution in [0.2, 0.25) is 0 Å². The molecule has 1 aliphatic rings. The van der Waals surface area contributed by atoms with Gasteiger partial charge in [-0.15, -0.1) is 0 Å². The first-order valence-electron chi connectivity index (χ1n) is 6.26. The summed E-state index contributed by atoms with van der Waals surface area (Å²) in [6.07, 6.45) is 0.702. The predicted octanol–water partition coefficient (Wildman–Crippen LogP) is 2.36. The van der Waals surface area contributed by atoms with Crippen LogP contribution in [0, 0.1) is 0 Å². The summed E-state index contributed by atoms with van der Waals surface area (Å²) in [4.78, 5) is 0. The number of benzene rings is 1. The molecule has 2 rings (SSSR count). The van der Waals surface area contributed by atoms with E-state index in [9.17, 15) is 0 Å². The van der Waals surface area contributed by atoms with Crippen molar-refractivity contribution in [1.29, 1.82) is 0 Å². The smallest absolute Gasteiger partial charge is 0.196 e. The van der Waals surface area contributed by atoms with Crippen LogP contribution in [-0.2, 0) is 15.3 Å². The fourth-order valence-corrected chi connectivity index (χ4v) is 2.22. The summed E-state index contributed by atoms with van der Waals surface area (Å²) >= 11 is 0. The third-order valence-electron chi connectivity index (χ3n) is 3.24. The number of hydrogen-bond donors (Lipinski definition) is 1. The maximum absolute atomic E-state index is 5.77. The van der Waals surface area contributed by atoms with Gasteiger partial charge >= 0.3 is 0 Å². The highest BCUT2D eigenvalue weighted by Crippen LogP contribution is 2.34. The van der Waals surface area contributed by atoms with Crippen molar-refractivity contribution in [2.45, 2.75) is 32.0 Å². The Kier molecular flexibility index (Phi) is 3.82. The van der Waals surface area contributed by atoms with Gasteiger partial charge in [0.2, 0.25) is 0 Å². The second-order valence-corrected chi connectivity index (χ2v) is 4.77. The van der Waals surface area contributed by atoms with Crippen LogP contribution in [0.15, 0.2) is 24.3 Å². The molecule has 1 aliphatic heterocycles. The fourth-order valence-electron chi connectivity index (χ4n) is 2.22. The van der Waals surface area contributed by atoms with Crippen LogP contribution in [0.5, 0.6) is 0 Å². The van der Waals surface area contributed by atoms with Crippen molar-refractivity contribution >= 4 is 0 Å². The first-order chi connectivity index (χ1) is 8.18. The summed E-state index contributed by atoms with van der Waals surface area (Å²) in [7, 11) is 0. The molecule has 17 heavy (non-hydrogen) atoms. The number of hydrogen-bond acceptors (Lipinski definition) is 3. The maximum atomic E-state index is 5.77. The molecule has 0 aliphatic carbocycles. The summed E-state index contributed by atoms with van der Waals surface area (Å²) in [6, 6.07) is 8.47. The molecule has 2 N–H and O–H groups in total. The van der Waals surface area contributed by atoms with Gasteiger partial charge in [0.15, 0.2) is 5.79 Å². The van der Waals surface area contributed by atoms with Crippen LogP contribution in [0.4, 0.5) is 0 Å². The van der Waals surface area contributed by atoms with Crippen LogP contribution in [0.1, 0.15) is 37.3 Å². The minimum atomic E-state index is -0.607. The molecule has 3 heteroatoms. The van der Waals surface area contributed by atoms with E-state index >= 15 is 0 Å². The Bertz CT molecular complexity index is 353. The molecule has 3 nitrogen and oxygen atoms in total. The van der Waals surface area contributed by atoms with Gasteiger partial charge in [-0.3, -0.25) is 0 Å². The number of rotatable bonds is 4. The lowest BCUT2D eigenvalue weighted by Crippen LogP contribution is -2.30. The van der Waals surface area contributed by atoms with Crippen molar-refractivity contribution in [3.63, 3.8) is 0 Å². The van der Waals surface area contributed by atoms with E-state index in [0.717, 1.165) is 5.56 Å². The highest BCUT2D eigenvalue weighted by atomic mass is 16.7. The zero-order chi connectivity index (χ0) is 12.3. The van der Waals surface area contributed by atoms with Crippen molar-refractivity contribution in [3.05, 3.63) is 35.4 Å². The monoisotopic (exact) mass is 235 g/mol. The van der Waals surface area contributed by atoms with Crippen LogP contribution in [0.3, 0.4) is 0 Å². The highest BCUT2D eigenvalue weighted by molar-refractivity contribution is 5.28. The third-order valence-corrected chi connectivity index (χ3v) is 3.24. The Morgan fingerprint density at radius 1 is 1.18 bits per heavy atom. The van der Waals surface area contributed by atoms with Crippen LogP contribution in [-0.4, -0.2) is 19.8 Å². The zero-order valence-electron chi connectivity index (χ0n) is 10.6. The topological polar surface area (TPSA) is 44.5 Å². The molecule has 0 saturated carbocycles. The zero-order valence-corrected chi connectivity index (χ0v) is 10.6. The van der Waals surface area contributed by atoms with Gasteiger partial charge in [-0.05, 0) is 18.0 Å². The Balaban J connectivity index is 2.24. The number of ether oxygens (including phenoxy) is 2. The predicted molar refractivity (Wildman–Crippen MR) is 67.8 cm³/mol. The van der Waals surface area contributed by atoms with E-state index in [1.54, 1.807) is 0 Å². The Labute approximate surface area is 103 Å². The molecule has 0 atom stereocenters. The van der Waals surface area contributed by atoms with Crippen molar-refractivity contribution < 1.29 is 9.47 Å².